The van der Waals surface area contributed by atoms with E-state index < -0.39 is 46.2 Å². The molecule has 0 aliphatic carbocycles. The maximum Gasteiger partial charge on any atom is 0.279 e. The van der Waals surface area contributed by atoms with Crippen LogP contribution in [0.1, 0.15) is 20.7 Å². The van der Waals surface area contributed by atoms with Crippen molar-refractivity contribution in [3.05, 3.63) is 34.4 Å². The molecule has 0 fully saturated rings. The fourth-order valence-corrected chi connectivity index (χ4v) is 1.37. The Hall–Kier alpha value is -1.96. The molecule has 0 bridgehead atoms. The minimum atomic E-state index is -2.16. The highest BCUT2D eigenvalue weighted by molar-refractivity contribution is 6.21. The Bertz CT molecular complexity index is 497. The van der Waals surface area contributed by atoms with Gasteiger partial charge in [-0.3, -0.25) is 9.59 Å². The zero-order valence-electron chi connectivity index (χ0n) is 7.35. The van der Waals surface area contributed by atoms with Gasteiger partial charge in [-0.05, 0) is 0 Å². The second kappa shape index (κ2) is 3.01. The predicted molar refractivity (Wildman–Crippen MR) is 41.0 cm³/mol. The number of hydrogen-bond acceptors (Lipinski definition) is 3. The van der Waals surface area contributed by atoms with E-state index in [9.17, 15) is 27.2 Å². The van der Waals surface area contributed by atoms with E-state index in [4.69, 9.17) is 5.84 Å². The molecule has 8 heteroatoms. The van der Waals surface area contributed by atoms with Gasteiger partial charge in [-0.1, -0.05) is 0 Å². The summed E-state index contributed by atoms with van der Waals surface area (Å²) in [5, 5.41) is -0.115. The summed E-state index contributed by atoms with van der Waals surface area (Å²) in [5.41, 5.74) is -2.38. The number of carbonyl (C=O) groups is 2. The molecule has 1 heterocycles. The Kier molecular flexibility index (Phi) is 1.99. The van der Waals surface area contributed by atoms with Crippen LogP contribution >= 0.6 is 0 Å². The van der Waals surface area contributed by atoms with E-state index in [-0.39, 0.29) is 5.01 Å². The summed E-state index contributed by atoms with van der Waals surface area (Å²) < 4.78 is 51.7. The van der Waals surface area contributed by atoms with E-state index in [2.05, 4.69) is 0 Å². The molecule has 2 rings (SSSR count). The first-order valence-electron chi connectivity index (χ1n) is 3.87. The summed E-state index contributed by atoms with van der Waals surface area (Å²) in [5.74, 6) is -6.16. The Morgan fingerprint density at radius 1 is 0.750 bits per heavy atom. The van der Waals surface area contributed by atoms with Crippen LogP contribution in [0.4, 0.5) is 17.6 Å². The maximum atomic E-state index is 13.1. The second-order valence-corrected chi connectivity index (χ2v) is 2.99. The van der Waals surface area contributed by atoms with Crippen molar-refractivity contribution in [1.29, 1.82) is 0 Å². The van der Waals surface area contributed by atoms with Gasteiger partial charge in [-0.2, -0.15) is 0 Å². The molecule has 0 saturated heterocycles. The van der Waals surface area contributed by atoms with Gasteiger partial charge in [0.05, 0.1) is 11.1 Å². The van der Waals surface area contributed by atoms with Crippen LogP contribution in [-0.2, 0) is 0 Å². The number of nitrogens with two attached hydrogens (primary N) is 1. The predicted octanol–water partition coefficient (Wildman–Crippen LogP) is 0.713. The monoisotopic (exact) mass is 234 g/mol. The molecular weight excluding hydrogens is 232 g/mol. The van der Waals surface area contributed by atoms with Gasteiger partial charge in [0.25, 0.3) is 11.8 Å². The minimum Gasteiger partial charge on any atom is -0.267 e. The van der Waals surface area contributed by atoms with E-state index in [0.717, 1.165) is 0 Å². The minimum absolute atomic E-state index is 0.115. The van der Waals surface area contributed by atoms with E-state index in [1.807, 2.05) is 0 Å². The summed E-state index contributed by atoms with van der Waals surface area (Å²) >= 11 is 0. The number of amides is 2. The van der Waals surface area contributed by atoms with Gasteiger partial charge in [0.15, 0.2) is 23.3 Å². The molecule has 84 valence electrons. The summed E-state index contributed by atoms with van der Waals surface area (Å²) in [7, 11) is 0. The van der Waals surface area contributed by atoms with E-state index in [1.165, 1.54) is 0 Å². The highest BCUT2D eigenvalue weighted by Crippen LogP contribution is 2.29. The molecule has 0 spiro atoms. The van der Waals surface area contributed by atoms with Gasteiger partial charge in [-0.25, -0.2) is 28.4 Å². The molecule has 1 aliphatic heterocycles. The summed E-state index contributed by atoms with van der Waals surface area (Å²) in [4.78, 5) is 22.3. The third kappa shape index (κ3) is 1.01. The first-order valence-corrected chi connectivity index (χ1v) is 3.87. The maximum absolute atomic E-state index is 13.1. The van der Waals surface area contributed by atoms with Crippen molar-refractivity contribution >= 4 is 11.8 Å². The topological polar surface area (TPSA) is 63.4 Å². The number of imide groups is 1. The van der Waals surface area contributed by atoms with Crippen molar-refractivity contribution in [3.63, 3.8) is 0 Å². The number of hydrazine groups is 1. The molecule has 0 unspecified atom stereocenters. The number of hydrogen-bond donors (Lipinski definition) is 1. The van der Waals surface area contributed by atoms with E-state index >= 15 is 0 Å². The van der Waals surface area contributed by atoms with Crippen LogP contribution in [0.15, 0.2) is 0 Å². The molecule has 0 atom stereocenters. The lowest BCUT2D eigenvalue weighted by Crippen LogP contribution is -2.36. The fourth-order valence-electron chi connectivity index (χ4n) is 1.37. The van der Waals surface area contributed by atoms with E-state index in [0.29, 0.717) is 0 Å². The molecule has 0 saturated carbocycles. The first kappa shape index (κ1) is 10.6. The van der Waals surface area contributed by atoms with Gasteiger partial charge in [-0.15, -0.1) is 0 Å². The molecule has 1 aromatic rings. The highest BCUT2D eigenvalue weighted by Gasteiger charge is 2.42. The average molecular weight is 234 g/mol. The Morgan fingerprint density at radius 2 is 1.06 bits per heavy atom. The standard InChI is InChI=1S/C8H2F4N2O2/c9-3-1-2(4(10)6(12)5(3)11)8(16)14(13)7(1)15/h13H2. The summed E-state index contributed by atoms with van der Waals surface area (Å²) in [6.45, 7) is 0. The smallest absolute Gasteiger partial charge is 0.267 e. The van der Waals surface area contributed by atoms with Gasteiger partial charge >= 0.3 is 0 Å². The fraction of sp³-hybridized carbons (Fsp3) is 0. The number of nitrogens with zero attached hydrogens (tertiary/aromatic N) is 1. The van der Waals surface area contributed by atoms with E-state index in [1.54, 1.807) is 0 Å². The van der Waals surface area contributed by atoms with Crippen molar-refractivity contribution in [2.45, 2.75) is 0 Å². The van der Waals surface area contributed by atoms with Crippen molar-refractivity contribution in [1.82, 2.24) is 5.01 Å². The largest absolute Gasteiger partial charge is 0.279 e. The number of benzene rings is 1. The third-order valence-corrected chi connectivity index (χ3v) is 2.13. The number of halogens is 4. The van der Waals surface area contributed by atoms with Crippen LogP contribution in [0.3, 0.4) is 0 Å². The van der Waals surface area contributed by atoms with Crippen molar-refractivity contribution in [2.75, 3.05) is 0 Å². The molecule has 2 N–H and O–H groups in total. The molecular formula is C8H2F4N2O2. The molecule has 0 radical (unpaired) electrons. The molecule has 1 aliphatic rings. The van der Waals surface area contributed by atoms with Crippen LogP contribution in [-0.4, -0.2) is 16.8 Å². The molecule has 1 aromatic carbocycles. The van der Waals surface area contributed by atoms with Crippen molar-refractivity contribution < 1.29 is 27.2 Å². The summed E-state index contributed by atoms with van der Waals surface area (Å²) in [6, 6.07) is 0. The van der Waals surface area contributed by atoms with Gasteiger partial charge in [0.1, 0.15) is 0 Å². The number of rotatable bonds is 0. The highest BCUT2D eigenvalue weighted by atomic mass is 19.2. The Morgan fingerprint density at radius 3 is 1.38 bits per heavy atom. The lowest BCUT2D eigenvalue weighted by molar-refractivity contribution is 0.0651. The number of carbonyl (C=O) groups excluding carboxylic acids is 2. The average Bonchev–Trinajstić information content (AvgIpc) is 2.48. The Labute approximate surface area is 85.2 Å². The van der Waals surface area contributed by atoms with Crippen molar-refractivity contribution in [3.8, 4) is 0 Å². The van der Waals surface area contributed by atoms with Crippen LogP contribution < -0.4 is 5.84 Å². The van der Waals surface area contributed by atoms with Gasteiger partial charge in [0, 0.05) is 0 Å². The van der Waals surface area contributed by atoms with Crippen LogP contribution in [0, 0.1) is 23.3 Å². The van der Waals surface area contributed by atoms with Crippen LogP contribution in [0.5, 0.6) is 0 Å². The third-order valence-electron chi connectivity index (χ3n) is 2.13. The van der Waals surface area contributed by atoms with Crippen LogP contribution in [0.25, 0.3) is 0 Å². The van der Waals surface area contributed by atoms with Gasteiger partial charge < -0.3 is 0 Å². The lowest BCUT2D eigenvalue weighted by atomic mass is 10.1. The summed E-state index contributed by atoms with van der Waals surface area (Å²) in [6.07, 6.45) is 0. The SMILES string of the molecule is NN1C(=O)c2c(F)c(F)c(F)c(F)c2C1=O. The number of fused-ring (bicyclic) bond motifs is 1. The lowest BCUT2D eigenvalue weighted by Gasteiger charge is -2.02. The Balaban J connectivity index is 2.91. The first-order chi connectivity index (χ1) is 7.37. The van der Waals surface area contributed by atoms with Gasteiger partial charge in [0.2, 0.25) is 0 Å². The van der Waals surface area contributed by atoms with Crippen molar-refractivity contribution in [2.24, 2.45) is 5.84 Å². The quantitative estimate of drug-likeness (QED) is 0.179. The molecule has 4 nitrogen and oxygen atoms in total. The normalized spacial score (nSPS) is 14.7. The zero-order chi connectivity index (χ0) is 12.2. The van der Waals surface area contributed by atoms with Crippen LogP contribution in [0.2, 0.25) is 0 Å². The second-order valence-electron chi connectivity index (χ2n) is 2.99. The molecule has 2 amide bonds. The molecule has 0 aromatic heterocycles. The zero-order valence-corrected chi connectivity index (χ0v) is 7.35. The molecule has 16 heavy (non-hydrogen) atoms.